The molecule has 0 N–H and O–H groups in total. The topological polar surface area (TPSA) is 60.2 Å². The molecule has 2 aromatic heterocycles. The highest BCUT2D eigenvalue weighted by atomic mass is 19.1. The first kappa shape index (κ1) is 19.3. The number of likely N-dealkylation sites (N-methyl/N-ethyl adjacent to an activating group) is 1. The lowest BCUT2D eigenvalue weighted by Crippen LogP contribution is -2.30. The molecule has 4 rings (SSSR count). The molecule has 0 aliphatic carbocycles. The summed E-state index contributed by atoms with van der Waals surface area (Å²) in [6, 6.07) is 12.1. The van der Waals surface area contributed by atoms with Gasteiger partial charge in [-0.05, 0) is 29.8 Å². The number of rotatable bonds is 6. The van der Waals surface area contributed by atoms with Crippen LogP contribution in [0.5, 0.6) is 0 Å². The maximum Gasteiger partial charge on any atom is 0.274 e. The first-order chi connectivity index (χ1) is 14.1. The summed E-state index contributed by atoms with van der Waals surface area (Å²) >= 11 is 0. The molecule has 3 heterocycles. The van der Waals surface area contributed by atoms with Gasteiger partial charge in [-0.1, -0.05) is 18.2 Å². The fraction of sp³-hybridized carbons (Fsp3) is 0.318. The summed E-state index contributed by atoms with van der Waals surface area (Å²) in [5, 5.41) is 4.62. The molecular formula is C22H23FN4O2. The number of carbonyl (C=O) groups is 1. The van der Waals surface area contributed by atoms with Gasteiger partial charge >= 0.3 is 0 Å². The van der Waals surface area contributed by atoms with Crippen LogP contribution in [0.15, 0.2) is 48.7 Å². The number of hydrogen-bond donors (Lipinski definition) is 0. The SMILES string of the molecule is CN(CCc1ccccn1)C(=O)c1nn(Cc2ccc(F)cc2)c2c1COCC2. The molecule has 0 unspecified atom stereocenters. The summed E-state index contributed by atoms with van der Waals surface area (Å²) in [6.45, 7) is 2.03. The zero-order chi connectivity index (χ0) is 20.2. The quantitative estimate of drug-likeness (QED) is 0.645. The maximum atomic E-state index is 13.2. The second kappa shape index (κ2) is 8.53. The van der Waals surface area contributed by atoms with E-state index in [0.29, 0.717) is 44.8 Å². The first-order valence-electron chi connectivity index (χ1n) is 9.68. The van der Waals surface area contributed by atoms with Gasteiger partial charge < -0.3 is 9.64 Å². The van der Waals surface area contributed by atoms with Crippen molar-refractivity contribution in [1.29, 1.82) is 0 Å². The van der Waals surface area contributed by atoms with Crippen molar-refractivity contribution in [2.75, 3.05) is 20.2 Å². The predicted molar refractivity (Wildman–Crippen MR) is 106 cm³/mol. The fourth-order valence-electron chi connectivity index (χ4n) is 3.48. The number of nitrogens with zero attached hydrogens (tertiary/aromatic N) is 4. The number of hydrogen-bond acceptors (Lipinski definition) is 4. The normalized spacial score (nSPS) is 13.2. The van der Waals surface area contributed by atoms with Gasteiger partial charge in [0.25, 0.3) is 5.91 Å². The molecule has 0 radical (unpaired) electrons. The number of halogens is 1. The smallest absolute Gasteiger partial charge is 0.274 e. The highest BCUT2D eigenvalue weighted by molar-refractivity contribution is 5.94. The average molecular weight is 394 g/mol. The molecule has 0 fully saturated rings. The van der Waals surface area contributed by atoms with Gasteiger partial charge in [-0.25, -0.2) is 4.39 Å². The van der Waals surface area contributed by atoms with E-state index in [2.05, 4.69) is 10.1 Å². The highest BCUT2D eigenvalue weighted by Gasteiger charge is 2.27. The molecule has 1 aliphatic heterocycles. The maximum absolute atomic E-state index is 13.2. The number of carbonyl (C=O) groups excluding carboxylic acids is 1. The summed E-state index contributed by atoms with van der Waals surface area (Å²) in [4.78, 5) is 19.1. The van der Waals surface area contributed by atoms with Crippen molar-refractivity contribution in [3.8, 4) is 0 Å². The predicted octanol–water partition coefficient (Wildman–Crippen LogP) is 2.85. The van der Waals surface area contributed by atoms with Crippen molar-refractivity contribution in [3.63, 3.8) is 0 Å². The third-order valence-corrected chi connectivity index (χ3v) is 5.12. The van der Waals surface area contributed by atoms with Crippen LogP contribution in [0.3, 0.4) is 0 Å². The molecule has 0 spiro atoms. The molecule has 1 aromatic carbocycles. The third-order valence-electron chi connectivity index (χ3n) is 5.12. The number of pyridine rings is 1. The Labute approximate surface area is 168 Å². The van der Waals surface area contributed by atoms with E-state index in [9.17, 15) is 9.18 Å². The molecule has 6 nitrogen and oxygen atoms in total. The van der Waals surface area contributed by atoms with Gasteiger partial charge in [-0.15, -0.1) is 0 Å². The van der Waals surface area contributed by atoms with Gasteiger partial charge in [0.1, 0.15) is 5.82 Å². The van der Waals surface area contributed by atoms with E-state index < -0.39 is 0 Å². The molecule has 0 saturated heterocycles. The zero-order valence-corrected chi connectivity index (χ0v) is 16.3. The van der Waals surface area contributed by atoms with E-state index >= 15 is 0 Å². The fourth-order valence-corrected chi connectivity index (χ4v) is 3.48. The van der Waals surface area contributed by atoms with Crippen molar-refractivity contribution >= 4 is 5.91 Å². The Balaban J connectivity index is 1.53. The van der Waals surface area contributed by atoms with Crippen molar-refractivity contribution in [2.45, 2.75) is 26.0 Å². The van der Waals surface area contributed by atoms with Gasteiger partial charge in [0, 0.05) is 49.6 Å². The van der Waals surface area contributed by atoms with Crippen LogP contribution < -0.4 is 0 Å². The van der Waals surface area contributed by atoms with Crippen LogP contribution in [-0.2, 0) is 30.7 Å². The van der Waals surface area contributed by atoms with Crippen molar-refractivity contribution < 1.29 is 13.9 Å². The number of amides is 1. The summed E-state index contributed by atoms with van der Waals surface area (Å²) in [6.07, 6.45) is 3.13. The van der Waals surface area contributed by atoms with E-state index in [-0.39, 0.29) is 11.7 Å². The second-order valence-electron chi connectivity index (χ2n) is 7.16. The Hall–Kier alpha value is -3.06. The molecule has 29 heavy (non-hydrogen) atoms. The zero-order valence-electron chi connectivity index (χ0n) is 16.3. The first-order valence-corrected chi connectivity index (χ1v) is 9.68. The number of aromatic nitrogens is 3. The van der Waals surface area contributed by atoms with Gasteiger partial charge in [0.2, 0.25) is 0 Å². The lowest BCUT2D eigenvalue weighted by atomic mass is 10.1. The van der Waals surface area contributed by atoms with Crippen molar-refractivity contribution in [1.82, 2.24) is 19.7 Å². The third kappa shape index (κ3) is 4.35. The monoisotopic (exact) mass is 394 g/mol. The Morgan fingerprint density at radius 2 is 2.07 bits per heavy atom. The molecule has 150 valence electrons. The van der Waals surface area contributed by atoms with E-state index in [1.807, 2.05) is 22.9 Å². The van der Waals surface area contributed by atoms with Gasteiger partial charge in [-0.3, -0.25) is 14.5 Å². The number of ether oxygens (including phenoxy) is 1. The van der Waals surface area contributed by atoms with Crippen LogP contribution in [-0.4, -0.2) is 45.8 Å². The molecule has 1 aliphatic rings. The van der Waals surface area contributed by atoms with Crippen LogP contribution in [0.1, 0.15) is 33.0 Å². The summed E-state index contributed by atoms with van der Waals surface area (Å²) in [7, 11) is 1.78. The molecule has 0 atom stereocenters. The van der Waals surface area contributed by atoms with E-state index in [0.717, 1.165) is 22.5 Å². The Bertz CT molecular complexity index is 986. The van der Waals surface area contributed by atoms with Gasteiger partial charge in [0.05, 0.1) is 19.8 Å². The van der Waals surface area contributed by atoms with Gasteiger partial charge in [-0.2, -0.15) is 5.10 Å². The Morgan fingerprint density at radius 1 is 1.24 bits per heavy atom. The lowest BCUT2D eigenvalue weighted by molar-refractivity contribution is 0.0775. The number of benzene rings is 1. The average Bonchev–Trinajstić information content (AvgIpc) is 3.12. The molecule has 3 aromatic rings. The Kier molecular flexibility index (Phi) is 5.67. The molecule has 0 bridgehead atoms. The van der Waals surface area contributed by atoms with Crippen LogP contribution in [0, 0.1) is 5.82 Å². The minimum Gasteiger partial charge on any atom is -0.376 e. The van der Waals surface area contributed by atoms with Crippen LogP contribution in [0.2, 0.25) is 0 Å². The molecule has 0 saturated carbocycles. The van der Waals surface area contributed by atoms with Gasteiger partial charge in [0.15, 0.2) is 5.69 Å². The summed E-state index contributed by atoms with van der Waals surface area (Å²) in [5.74, 6) is -0.393. The lowest BCUT2D eigenvalue weighted by Gasteiger charge is -2.18. The number of fused-ring (bicyclic) bond motifs is 1. The largest absolute Gasteiger partial charge is 0.376 e. The molecule has 7 heteroatoms. The summed E-state index contributed by atoms with van der Waals surface area (Å²) in [5.41, 5.74) is 4.19. The summed E-state index contributed by atoms with van der Waals surface area (Å²) < 4.78 is 20.6. The van der Waals surface area contributed by atoms with Crippen LogP contribution in [0.25, 0.3) is 0 Å². The van der Waals surface area contributed by atoms with Crippen LogP contribution >= 0.6 is 0 Å². The Morgan fingerprint density at radius 3 is 2.83 bits per heavy atom. The van der Waals surface area contributed by atoms with E-state index in [1.165, 1.54) is 12.1 Å². The standard InChI is InChI=1S/C22H23FN4O2/c1-26(12-9-18-4-2-3-11-24-18)22(28)21-19-15-29-13-10-20(19)27(25-21)14-16-5-7-17(23)8-6-16/h2-8,11H,9-10,12-15H2,1H3. The highest BCUT2D eigenvalue weighted by Crippen LogP contribution is 2.23. The minimum absolute atomic E-state index is 0.125. The van der Waals surface area contributed by atoms with Crippen LogP contribution in [0.4, 0.5) is 4.39 Å². The van der Waals surface area contributed by atoms with Crippen molar-refractivity contribution in [2.24, 2.45) is 0 Å². The minimum atomic E-state index is -0.268. The van der Waals surface area contributed by atoms with E-state index in [1.54, 1.807) is 30.3 Å². The second-order valence-corrected chi connectivity index (χ2v) is 7.16. The molecule has 1 amide bonds. The van der Waals surface area contributed by atoms with E-state index in [4.69, 9.17) is 4.74 Å². The molecular weight excluding hydrogens is 371 g/mol. The van der Waals surface area contributed by atoms with Crippen molar-refractivity contribution in [3.05, 3.63) is 82.7 Å².